The zero-order chi connectivity index (χ0) is 47.3. The number of pyridine rings is 2. The molecule has 0 spiro atoms. The van der Waals surface area contributed by atoms with E-state index in [0.29, 0.717) is 37.1 Å². The number of imidazole rings is 2. The molecule has 2 aromatic carbocycles. The minimum atomic E-state index is -0.924. The zero-order valence-electron chi connectivity index (χ0n) is 36.4. The number of carbonyl (C=O) groups excluding carboxylic acids is 5. The van der Waals surface area contributed by atoms with Gasteiger partial charge in [0.05, 0.1) is 45.7 Å². The number of aliphatic carboxylic acids is 1. The topological polar surface area (TPSA) is 179 Å². The molecule has 2 N–H and O–H groups in total. The number of fused-ring (bicyclic) bond motifs is 2. The molecule has 2 aliphatic heterocycles. The smallest absolute Gasteiger partial charge is 0.373 e. The molecule has 0 bridgehead atoms. The van der Waals surface area contributed by atoms with E-state index >= 15 is 0 Å². The van der Waals surface area contributed by atoms with Crippen LogP contribution in [0.25, 0.3) is 33.8 Å². The van der Waals surface area contributed by atoms with Crippen molar-refractivity contribution in [3.8, 4) is 22.5 Å². The number of nitrogens with zero attached hydrogens (tertiary/aromatic N) is 7. The Morgan fingerprint density at radius 3 is 1.36 bits per heavy atom. The van der Waals surface area contributed by atoms with E-state index in [1.165, 1.54) is 39.1 Å². The van der Waals surface area contributed by atoms with E-state index in [0.717, 1.165) is 67.3 Å². The Labute approximate surface area is 416 Å². The Kier molecular flexibility index (Phi) is 26.2. The van der Waals surface area contributed by atoms with E-state index in [4.69, 9.17) is 75.7 Å². The number of carboxylic acid groups (broad SMARTS) is 1. The van der Waals surface area contributed by atoms with Gasteiger partial charge in [-0.3, -0.25) is 14.5 Å². The van der Waals surface area contributed by atoms with Crippen LogP contribution >= 0.6 is 58.8 Å². The highest BCUT2D eigenvalue weighted by Gasteiger charge is 2.24. The molecule has 6 heterocycles. The molecule has 15 nitrogen and oxygen atoms in total. The van der Waals surface area contributed by atoms with E-state index in [2.05, 4.69) is 33.9 Å². The molecule has 360 valence electrons. The fourth-order valence-corrected chi connectivity index (χ4v) is 7.91. The normalized spacial score (nSPS) is 13.3. The Hall–Kier alpha value is -5.15. The quantitative estimate of drug-likeness (QED) is 0.134. The van der Waals surface area contributed by atoms with Crippen molar-refractivity contribution >= 4 is 94.3 Å². The molecule has 0 atom stereocenters. The van der Waals surface area contributed by atoms with E-state index in [9.17, 15) is 9.59 Å². The second-order valence-corrected chi connectivity index (χ2v) is 16.5. The fraction of sp³-hybridized carbons (Fsp3) is 0.362. The number of benzene rings is 2. The van der Waals surface area contributed by atoms with Gasteiger partial charge in [-0.2, -0.15) is 19.2 Å². The van der Waals surface area contributed by atoms with Crippen LogP contribution in [0.3, 0.4) is 0 Å². The van der Waals surface area contributed by atoms with E-state index in [1.807, 2.05) is 64.0 Å². The number of carbonyl (C=O) groups is 2. The highest BCUT2D eigenvalue weighted by atomic mass is 35.5. The number of rotatable bonds is 10. The molecular formula is C47H55Cl5N8O7. The molecule has 20 heteroatoms. The van der Waals surface area contributed by atoms with Crippen molar-refractivity contribution in [2.24, 2.45) is 0 Å². The third kappa shape index (κ3) is 17.8. The van der Waals surface area contributed by atoms with Gasteiger partial charge in [0, 0.05) is 85.9 Å². The van der Waals surface area contributed by atoms with Crippen LogP contribution in [-0.2, 0) is 41.6 Å². The van der Waals surface area contributed by atoms with Gasteiger partial charge in [0.15, 0.2) is 0 Å². The van der Waals surface area contributed by atoms with Crippen molar-refractivity contribution in [2.45, 2.75) is 47.0 Å². The summed E-state index contributed by atoms with van der Waals surface area (Å²) in [6.07, 6.45) is 6.57. The summed E-state index contributed by atoms with van der Waals surface area (Å²) >= 11 is 24.2. The van der Waals surface area contributed by atoms with Gasteiger partial charge in [0.1, 0.15) is 11.3 Å². The van der Waals surface area contributed by atoms with Crippen molar-refractivity contribution in [2.75, 3.05) is 65.4 Å². The molecule has 0 unspecified atom stereocenters. The van der Waals surface area contributed by atoms with E-state index < -0.39 is 5.97 Å². The van der Waals surface area contributed by atoms with Gasteiger partial charge in [-0.15, -0.1) is 12.4 Å². The third-order valence-electron chi connectivity index (χ3n) is 10.2. The number of hydrogen-bond acceptors (Lipinski definition) is 11. The Morgan fingerprint density at radius 1 is 0.597 bits per heavy atom. The summed E-state index contributed by atoms with van der Waals surface area (Å²) in [7, 11) is 0. The molecule has 2 saturated heterocycles. The molecule has 1 amide bonds. The van der Waals surface area contributed by atoms with Crippen LogP contribution in [0.4, 0.5) is 0 Å². The molecule has 0 radical (unpaired) electrons. The first-order valence-electron chi connectivity index (χ1n) is 20.8. The highest BCUT2D eigenvalue weighted by Crippen LogP contribution is 2.29. The molecule has 4 aromatic heterocycles. The first-order chi connectivity index (χ1) is 31.3. The van der Waals surface area contributed by atoms with Crippen LogP contribution in [-0.4, -0.2) is 128 Å². The van der Waals surface area contributed by atoms with Gasteiger partial charge in [0.2, 0.25) is 5.91 Å². The van der Waals surface area contributed by atoms with Crippen LogP contribution in [0.5, 0.6) is 0 Å². The lowest BCUT2D eigenvalue weighted by molar-refractivity contribution is -0.193. The van der Waals surface area contributed by atoms with E-state index in [1.54, 1.807) is 34.9 Å². The Balaban J connectivity index is 0.000000354. The summed E-state index contributed by atoms with van der Waals surface area (Å²) in [5.74, 6) is -0.801. The standard InChI is InChI=1S/C22H24Cl2N4O.C15H10Cl2N2O2.C7H16N2.2CO2.CH4.ClH/c1-2-9-26-10-12-27(13-11-26)21(29)14-19-22(16-3-5-17(23)6-4-16)25-20-8-7-18(24)15-28(19)20;16-10-3-1-9(2-4-10)15-12(7-14(20)21)19-8-11(17)5-6-13(19)18-15;1-2-5-9-6-3-8-4-7-9;2*2-1-3;;/h3-8,15H,2,9-14H2,1H3;1-6,8H,7H2,(H,20,21);8H,2-7H2,1H3;;;1H4;1H. The van der Waals surface area contributed by atoms with Crippen molar-refractivity contribution in [1.82, 2.24) is 38.8 Å². The second kappa shape index (κ2) is 30.3. The summed E-state index contributed by atoms with van der Waals surface area (Å²) in [5.41, 5.74) is 6.03. The number of carboxylic acids is 1. The summed E-state index contributed by atoms with van der Waals surface area (Å²) in [6.45, 7) is 15.1. The lowest BCUT2D eigenvalue weighted by Crippen LogP contribution is -2.49. The maximum Gasteiger partial charge on any atom is 0.373 e. The summed E-state index contributed by atoms with van der Waals surface area (Å²) < 4.78 is 3.64. The van der Waals surface area contributed by atoms with Gasteiger partial charge >= 0.3 is 18.3 Å². The number of amides is 1. The second-order valence-electron chi connectivity index (χ2n) is 14.7. The average Bonchev–Trinajstić information content (AvgIpc) is 3.82. The largest absolute Gasteiger partial charge is 0.481 e. The lowest BCUT2D eigenvalue weighted by atomic mass is 10.1. The average molecular weight is 1020 g/mol. The van der Waals surface area contributed by atoms with Crippen LogP contribution in [0.15, 0.2) is 85.2 Å². The van der Waals surface area contributed by atoms with Crippen LogP contribution < -0.4 is 5.32 Å². The molecule has 0 saturated carbocycles. The van der Waals surface area contributed by atoms with E-state index in [-0.39, 0.29) is 50.9 Å². The molecule has 2 aliphatic rings. The number of aromatic nitrogens is 4. The molecule has 6 aromatic rings. The van der Waals surface area contributed by atoms with Gasteiger partial charge in [-0.1, -0.05) is 91.9 Å². The van der Waals surface area contributed by atoms with Crippen molar-refractivity contribution in [3.63, 3.8) is 0 Å². The molecular weight excluding hydrogens is 966 g/mol. The number of nitrogens with one attached hydrogen (secondary N) is 1. The zero-order valence-corrected chi connectivity index (χ0v) is 40.3. The minimum absolute atomic E-state index is 0. The van der Waals surface area contributed by atoms with Gasteiger partial charge in [-0.25, -0.2) is 9.97 Å². The lowest BCUT2D eigenvalue weighted by Gasteiger charge is -2.34. The maximum atomic E-state index is 13.1. The third-order valence-corrected chi connectivity index (χ3v) is 11.2. The van der Waals surface area contributed by atoms with Gasteiger partial charge < -0.3 is 29.0 Å². The summed E-state index contributed by atoms with van der Waals surface area (Å²) in [6, 6.07) is 21.8. The minimum Gasteiger partial charge on any atom is -0.481 e. The van der Waals surface area contributed by atoms with Gasteiger partial charge in [-0.05, 0) is 74.5 Å². The molecule has 8 rings (SSSR count). The fourth-order valence-electron chi connectivity index (χ4n) is 7.34. The molecule has 67 heavy (non-hydrogen) atoms. The first kappa shape index (κ1) is 58.0. The van der Waals surface area contributed by atoms with Crippen molar-refractivity contribution in [3.05, 3.63) is 117 Å². The first-order valence-corrected chi connectivity index (χ1v) is 22.4. The van der Waals surface area contributed by atoms with Gasteiger partial charge in [0.25, 0.3) is 0 Å². The predicted octanol–water partition coefficient (Wildman–Crippen LogP) is 8.53. The maximum absolute atomic E-state index is 13.1. The SMILES string of the molecule is C.CCCN1CCN(C(=O)Cc2c(-c3ccc(Cl)cc3)nc3ccc(Cl)cn23)CC1.CCCN1CCNCC1.Cl.O=C(O)Cc1c(-c2ccc(Cl)cc2)nc2ccc(Cl)cn12.O=C=O.O=C=O. The van der Waals surface area contributed by atoms with Crippen LogP contribution in [0.2, 0.25) is 20.1 Å². The Morgan fingerprint density at radius 2 is 0.970 bits per heavy atom. The van der Waals surface area contributed by atoms with Crippen LogP contribution in [0, 0.1) is 0 Å². The van der Waals surface area contributed by atoms with Crippen molar-refractivity contribution < 1.29 is 33.9 Å². The van der Waals surface area contributed by atoms with Crippen LogP contribution in [0.1, 0.15) is 45.5 Å². The number of piperazine rings is 2. The summed E-state index contributed by atoms with van der Waals surface area (Å²) in [4.78, 5) is 72.9. The monoisotopic (exact) mass is 1020 g/mol. The van der Waals surface area contributed by atoms with Crippen molar-refractivity contribution in [1.29, 1.82) is 0 Å². The summed E-state index contributed by atoms with van der Waals surface area (Å²) in [5, 5.41) is 14.9. The predicted molar refractivity (Wildman–Crippen MR) is 263 cm³/mol. The molecule has 0 aliphatic carbocycles. The number of hydrogen-bond donors (Lipinski definition) is 2. The number of halogens is 5. The Bertz CT molecular complexity index is 2520. The highest BCUT2D eigenvalue weighted by molar-refractivity contribution is 6.31. The molecule has 2 fully saturated rings.